The Bertz CT molecular complexity index is 419. The van der Waals surface area contributed by atoms with E-state index in [-0.39, 0.29) is 5.91 Å². The van der Waals surface area contributed by atoms with E-state index in [1.54, 1.807) is 0 Å². The van der Waals surface area contributed by atoms with Crippen molar-refractivity contribution in [3.05, 3.63) is 29.3 Å². The molecule has 0 aliphatic heterocycles. The molecule has 0 bridgehead atoms. The summed E-state index contributed by atoms with van der Waals surface area (Å²) in [7, 11) is 0. The molecule has 0 heterocycles. The predicted molar refractivity (Wildman–Crippen MR) is 90.8 cm³/mol. The number of carbonyl (C=O) groups is 1. The van der Waals surface area contributed by atoms with Crippen molar-refractivity contribution in [1.82, 2.24) is 5.32 Å². The van der Waals surface area contributed by atoms with E-state index in [2.05, 4.69) is 56.5 Å². The summed E-state index contributed by atoms with van der Waals surface area (Å²) >= 11 is 0. The number of rotatable bonds is 9. The summed E-state index contributed by atoms with van der Waals surface area (Å²) in [5.74, 6) is 0.766. The average Bonchev–Trinajstić information content (AvgIpc) is 2.46. The molecule has 0 spiro atoms. The van der Waals surface area contributed by atoms with Crippen LogP contribution in [0.25, 0.3) is 0 Å². The highest BCUT2D eigenvalue weighted by atomic mass is 16.1. The Morgan fingerprint density at radius 1 is 1.10 bits per heavy atom. The molecule has 3 nitrogen and oxygen atoms in total. The Morgan fingerprint density at radius 2 is 1.71 bits per heavy atom. The van der Waals surface area contributed by atoms with Crippen molar-refractivity contribution in [2.45, 2.75) is 53.4 Å². The number of anilines is 1. The Labute approximate surface area is 129 Å². The number of nitrogens with one attached hydrogen (secondary N) is 2. The van der Waals surface area contributed by atoms with Gasteiger partial charge in [-0.1, -0.05) is 45.9 Å². The summed E-state index contributed by atoms with van der Waals surface area (Å²) in [6.45, 7) is 10.1. The molecule has 0 saturated carbocycles. The zero-order valence-electron chi connectivity index (χ0n) is 14.0. The van der Waals surface area contributed by atoms with Crippen molar-refractivity contribution < 1.29 is 4.79 Å². The molecule has 0 aromatic heterocycles. The lowest BCUT2D eigenvalue weighted by atomic mass is 10.0. The summed E-state index contributed by atoms with van der Waals surface area (Å²) in [5, 5.41) is 6.43. The van der Waals surface area contributed by atoms with E-state index in [1.165, 1.54) is 16.8 Å². The third kappa shape index (κ3) is 6.19. The molecule has 0 aliphatic rings. The van der Waals surface area contributed by atoms with Crippen LogP contribution in [-0.2, 0) is 17.6 Å². The van der Waals surface area contributed by atoms with E-state index in [0.717, 1.165) is 25.8 Å². The quantitative estimate of drug-likeness (QED) is 0.727. The minimum absolute atomic E-state index is 0.134. The Kier molecular flexibility index (Phi) is 7.88. The van der Waals surface area contributed by atoms with Gasteiger partial charge in [0.15, 0.2) is 0 Å². The third-order valence-corrected chi connectivity index (χ3v) is 3.70. The van der Waals surface area contributed by atoms with Gasteiger partial charge >= 0.3 is 0 Å². The van der Waals surface area contributed by atoms with Gasteiger partial charge < -0.3 is 10.6 Å². The van der Waals surface area contributed by atoms with Gasteiger partial charge in [-0.3, -0.25) is 4.79 Å². The Morgan fingerprint density at radius 3 is 2.24 bits per heavy atom. The number of hydrogen-bond acceptors (Lipinski definition) is 2. The summed E-state index contributed by atoms with van der Waals surface area (Å²) < 4.78 is 0. The molecule has 0 aliphatic carbocycles. The summed E-state index contributed by atoms with van der Waals surface area (Å²) in [6.07, 6.45) is 3.59. The van der Waals surface area contributed by atoms with E-state index in [9.17, 15) is 4.79 Å². The molecular weight excluding hydrogens is 260 g/mol. The number of benzene rings is 1. The minimum atomic E-state index is 0.134. The number of amides is 1. The SMILES string of the molecule is CCc1cccc(CC)c1NCCC(=O)NCCC(C)C. The largest absolute Gasteiger partial charge is 0.384 e. The fourth-order valence-electron chi connectivity index (χ4n) is 2.36. The molecule has 1 rings (SSSR count). The van der Waals surface area contributed by atoms with Gasteiger partial charge in [0, 0.05) is 25.2 Å². The summed E-state index contributed by atoms with van der Waals surface area (Å²) in [5.41, 5.74) is 3.88. The maximum atomic E-state index is 11.8. The van der Waals surface area contributed by atoms with Crippen LogP contribution in [0.1, 0.15) is 51.7 Å². The van der Waals surface area contributed by atoms with Crippen LogP contribution in [0.15, 0.2) is 18.2 Å². The van der Waals surface area contributed by atoms with Crippen LogP contribution in [0.5, 0.6) is 0 Å². The van der Waals surface area contributed by atoms with Gasteiger partial charge in [-0.05, 0) is 36.3 Å². The molecule has 0 atom stereocenters. The van der Waals surface area contributed by atoms with E-state index in [1.807, 2.05) is 0 Å². The molecule has 0 fully saturated rings. The molecule has 0 radical (unpaired) electrons. The highest BCUT2D eigenvalue weighted by molar-refractivity contribution is 5.76. The molecule has 1 amide bonds. The maximum Gasteiger partial charge on any atom is 0.221 e. The average molecular weight is 290 g/mol. The van der Waals surface area contributed by atoms with Gasteiger partial charge in [0.1, 0.15) is 0 Å². The molecule has 0 unspecified atom stereocenters. The minimum Gasteiger partial charge on any atom is -0.384 e. The van der Waals surface area contributed by atoms with Crippen molar-refractivity contribution >= 4 is 11.6 Å². The van der Waals surface area contributed by atoms with Crippen LogP contribution < -0.4 is 10.6 Å². The lowest BCUT2D eigenvalue weighted by Gasteiger charge is -2.15. The fraction of sp³-hybridized carbons (Fsp3) is 0.611. The van der Waals surface area contributed by atoms with Gasteiger partial charge in [-0.25, -0.2) is 0 Å². The zero-order valence-corrected chi connectivity index (χ0v) is 14.0. The van der Waals surface area contributed by atoms with Crippen molar-refractivity contribution in [2.24, 2.45) is 5.92 Å². The van der Waals surface area contributed by atoms with Crippen LogP contribution in [-0.4, -0.2) is 19.0 Å². The second-order valence-corrected chi connectivity index (χ2v) is 5.87. The topological polar surface area (TPSA) is 41.1 Å². The first-order valence-electron chi connectivity index (χ1n) is 8.19. The normalized spacial score (nSPS) is 10.7. The molecule has 2 N–H and O–H groups in total. The van der Waals surface area contributed by atoms with Gasteiger partial charge in [-0.2, -0.15) is 0 Å². The molecule has 3 heteroatoms. The summed E-state index contributed by atoms with van der Waals surface area (Å²) in [6, 6.07) is 6.43. The number of hydrogen-bond donors (Lipinski definition) is 2. The van der Waals surface area contributed by atoms with E-state index < -0.39 is 0 Å². The van der Waals surface area contributed by atoms with Crippen LogP contribution in [0.4, 0.5) is 5.69 Å². The molecule has 1 aromatic carbocycles. The number of para-hydroxylation sites is 1. The van der Waals surface area contributed by atoms with Crippen molar-refractivity contribution in [3.63, 3.8) is 0 Å². The monoisotopic (exact) mass is 290 g/mol. The van der Waals surface area contributed by atoms with Crippen molar-refractivity contribution in [3.8, 4) is 0 Å². The van der Waals surface area contributed by atoms with Crippen LogP contribution in [0, 0.1) is 5.92 Å². The Hall–Kier alpha value is -1.51. The third-order valence-electron chi connectivity index (χ3n) is 3.70. The first kappa shape index (κ1) is 17.5. The fourth-order valence-corrected chi connectivity index (χ4v) is 2.36. The van der Waals surface area contributed by atoms with Crippen LogP contribution >= 0.6 is 0 Å². The zero-order chi connectivity index (χ0) is 15.7. The molecule has 1 aromatic rings. The van der Waals surface area contributed by atoms with Crippen molar-refractivity contribution in [2.75, 3.05) is 18.4 Å². The Balaban J connectivity index is 2.43. The smallest absolute Gasteiger partial charge is 0.221 e. The highest BCUT2D eigenvalue weighted by Gasteiger charge is 2.07. The summed E-state index contributed by atoms with van der Waals surface area (Å²) in [4.78, 5) is 11.8. The van der Waals surface area contributed by atoms with E-state index in [4.69, 9.17) is 0 Å². The highest BCUT2D eigenvalue weighted by Crippen LogP contribution is 2.22. The van der Waals surface area contributed by atoms with Crippen molar-refractivity contribution in [1.29, 1.82) is 0 Å². The van der Waals surface area contributed by atoms with E-state index >= 15 is 0 Å². The van der Waals surface area contributed by atoms with Gasteiger partial charge in [0.25, 0.3) is 0 Å². The molecule has 118 valence electrons. The molecule has 0 saturated heterocycles. The number of carbonyl (C=O) groups excluding carboxylic acids is 1. The molecule has 21 heavy (non-hydrogen) atoms. The molecular formula is C18H30N2O. The first-order valence-corrected chi connectivity index (χ1v) is 8.19. The van der Waals surface area contributed by atoms with E-state index in [0.29, 0.717) is 18.9 Å². The van der Waals surface area contributed by atoms with Gasteiger partial charge in [0.2, 0.25) is 5.91 Å². The lowest BCUT2D eigenvalue weighted by molar-refractivity contribution is -0.120. The number of aryl methyl sites for hydroxylation is 2. The second kappa shape index (κ2) is 9.43. The maximum absolute atomic E-state index is 11.8. The lowest BCUT2D eigenvalue weighted by Crippen LogP contribution is -2.27. The van der Waals surface area contributed by atoms with Crippen LogP contribution in [0.2, 0.25) is 0 Å². The first-order chi connectivity index (χ1) is 10.1. The standard InChI is InChI=1S/C18H30N2O/c1-5-15-8-7-9-16(6-2)18(15)20-13-11-17(21)19-12-10-14(3)4/h7-9,14,20H,5-6,10-13H2,1-4H3,(H,19,21). The predicted octanol–water partition coefficient (Wildman–Crippen LogP) is 3.78. The van der Waals surface area contributed by atoms with Crippen LogP contribution in [0.3, 0.4) is 0 Å². The van der Waals surface area contributed by atoms with Gasteiger partial charge in [-0.15, -0.1) is 0 Å². The second-order valence-electron chi connectivity index (χ2n) is 5.87. The van der Waals surface area contributed by atoms with Gasteiger partial charge in [0.05, 0.1) is 0 Å².